The van der Waals surface area contributed by atoms with Crippen molar-refractivity contribution in [3.05, 3.63) is 29.3 Å². The Bertz CT molecular complexity index is 478. The first-order valence-electron chi connectivity index (χ1n) is 7.62. The lowest BCUT2D eigenvalue weighted by Crippen LogP contribution is -2.51. The van der Waals surface area contributed by atoms with Crippen molar-refractivity contribution in [1.29, 1.82) is 0 Å². The molecule has 1 saturated carbocycles. The Morgan fingerprint density at radius 3 is 2.33 bits per heavy atom. The third-order valence-corrected chi connectivity index (χ3v) is 4.40. The smallest absolute Gasteiger partial charge is 0.266 e. The van der Waals surface area contributed by atoms with Crippen LogP contribution in [-0.2, 0) is 4.79 Å². The van der Waals surface area contributed by atoms with Crippen LogP contribution in [-0.4, -0.2) is 29.5 Å². The molecule has 0 saturated heterocycles. The quantitative estimate of drug-likeness (QED) is 0.830. The van der Waals surface area contributed by atoms with Gasteiger partial charge in [-0.15, -0.1) is 0 Å². The van der Waals surface area contributed by atoms with Gasteiger partial charge in [-0.1, -0.05) is 30.9 Å². The highest BCUT2D eigenvalue weighted by Crippen LogP contribution is 2.26. The van der Waals surface area contributed by atoms with E-state index in [2.05, 4.69) is 0 Å². The molecule has 1 aromatic rings. The zero-order chi connectivity index (χ0) is 15.5. The summed E-state index contributed by atoms with van der Waals surface area (Å²) in [4.78, 5) is 14.6. The molecule has 1 aromatic carbocycles. The zero-order valence-corrected chi connectivity index (χ0v) is 13.8. The first-order valence-corrected chi connectivity index (χ1v) is 8.00. The van der Waals surface area contributed by atoms with Crippen LogP contribution in [0.15, 0.2) is 24.3 Å². The third-order valence-electron chi connectivity index (χ3n) is 4.14. The minimum Gasteiger partial charge on any atom is -0.478 e. The number of halogens is 1. The summed E-state index contributed by atoms with van der Waals surface area (Å²) in [5.74, 6) is 0.694. The fourth-order valence-electron chi connectivity index (χ4n) is 2.90. The number of carbonyl (C=O) groups excluding carboxylic acids is 1. The Hall–Kier alpha value is -1.22. The van der Waals surface area contributed by atoms with E-state index in [0.717, 1.165) is 12.8 Å². The van der Waals surface area contributed by atoms with Gasteiger partial charge >= 0.3 is 0 Å². The molecule has 2 rings (SSSR count). The Kier molecular flexibility index (Phi) is 5.15. The van der Waals surface area contributed by atoms with Gasteiger partial charge in [0.25, 0.3) is 5.91 Å². The predicted molar refractivity (Wildman–Crippen MR) is 85.8 cm³/mol. The fourth-order valence-corrected chi connectivity index (χ4v) is 3.03. The molecule has 0 atom stereocenters. The van der Waals surface area contributed by atoms with Crippen molar-refractivity contribution < 1.29 is 9.53 Å². The number of likely N-dealkylation sites (N-methyl/N-ethyl adjacent to an activating group) is 1. The Morgan fingerprint density at radius 1 is 1.19 bits per heavy atom. The van der Waals surface area contributed by atoms with Gasteiger partial charge in [-0.05, 0) is 51.0 Å². The average Bonchev–Trinajstić information content (AvgIpc) is 2.49. The molecule has 0 unspecified atom stereocenters. The molecule has 0 bridgehead atoms. The Morgan fingerprint density at radius 2 is 1.76 bits per heavy atom. The third kappa shape index (κ3) is 4.13. The number of hydrogen-bond donors (Lipinski definition) is 0. The number of carbonyl (C=O) groups is 1. The fraction of sp³-hybridized carbons (Fsp3) is 0.588. The molecule has 1 aliphatic carbocycles. The molecular formula is C17H24ClNO2. The van der Waals surface area contributed by atoms with Gasteiger partial charge in [-0.3, -0.25) is 4.79 Å². The molecule has 3 nitrogen and oxygen atoms in total. The van der Waals surface area contributed by atoms with Crippen molar-refractivity contribution in [2.45, 2.75) is 57.6 Å². The summed E-state index contributed by atoms with van der Waals surface area (Å²) in [6, 6.07) is 7.46. The average molecular weight is 310 g/mol. The highest BCUT2D eigenvalue weighted by Gasteiger charge is 2.35. The van der Waals surface area contributed by atoms with E-state index in [9.17, 15) is 4.79 Å². The second kappa shape index (κ2) is 6.69. The van der Waals surface area contributed by atoms with Crippen LogP contribution in [0, 0.1) is 0 Å². The van der Waals surface area contributed by atoms with Crippen LogP contribution in [0.3, 0.4) is 0 Å². The van der Waals surface area contributed by atoms with Crippen molar-refractivity contribution in [1.82, 2.24) is 4.90 Å². The number of benzene rings is 1. The van der Waals surface area contributed by atoms with E-state index < -0.39 is 5.60 Å². The van der Waals surface area contributed by atoms with E-state index in [1.807, 2.05) is 25.8 Å². The van der Waals surface area contributed by atoms with E-state index in [1.54, 1.807) is 24.3 Å². The van der Waals surface area contributed by atoms with Gasteiger partial charge in [-0.25, -0.2) is 0 Å². The van der Waals surface area contributed by atoms with Gasteiger partial charge in [-0.2, -0.15) is 0 Å². The first-order chi connectivity index (χ1) is 9.90. The summed E-state index contributed by atoms with van der Waals surface area (Å²) in [5.41, 5.74) is -0.875. The highest BCUT2D eigenvalue weighted by atomic mass is 35.5. The van der Waals surface area contributed by atoms with Crippen molar-refractivity contribution in [2.75, 3.05) is 7.05 Å². The van der Waals surface area contributed by atoms with Gasteiger partial charge in [0.15, 0.2) is 5.60 Å². The zero-order valence-electron chi connectivity index (χ0n) is 13.1. The van der Waals surface area contributed by atoms with Crippen LogP contribution < -0.4 is 4.74 Å². The van der Waals surface area contributed by atoms with E-state index in [1.165, 1.54) is 19.3 Å². The monoisotopic (exact) mass is 309 g/mol. The molecule has 0 spiro atoms. The van der Waals surface area contributed by atoms with Crippen LogP contribution in [0.2, 0.25) is 5.02 Å². The van der Waals surface area contributed by atoms with E-state index in [4.69, 9.17) is 16.3 Å². The summed E-state index contributed by atoms with van der Waals surface area (Å²) >= 11 is 5.87. The number of amides is 1. The van der Waals surface area contributed by atoms with Crippen LogP contribution in [0.4, 0.5) is 0 Å². The molecule has 1 amide bonds. The second-order valence-electron chi connectivity index (χ2n) is 6.27. The minimum atomic E-state index is -0.875. The predicted octanol–water partition coefficient (Wildman–Crippen LogP) is 4.29. The largest absolute Gasteiger partial charge is 0.478 e. The van der Waals surface area contributed by atoms with Crippen LogP contribution in [0.1, 0.15) is 46.0 Å². The molecule has 0 heterocycles. The van der Waals surface area contributed by atoms with Gasteiger partial charge in [0.05, 0.1) is 0 Å². The Labute approximate surface area is 132 Å². The van der Waals surface area contributed by atoms with Crippen LogP contribution >= 0.6 is 11.6 Å². The number of hydrogen-bond acceptors (Lipinski definition) is 2. The molecule has 1 fully saturated rings. The molecule has 0 aliphatic heterocycles. The van der Waals surface area contributed by atoms with E-state index in [0.29, 0.717) is 16.8 Å². The number of rotatable bonds is 4. The van der Waals surface area contributed by atoms with Crippen molar-refractivity contribution in [3.8, 4) is 5.75 Å². The molecule has 0 radical (unpaired) electrons. The second-order valence-corrected chi connectivity index (χ2v) is 6.71. The normalized spacial score (nSPS) is 16.6. The van der Waals surface area contributed by atoms with Gasteiger partial charge in [0, 0.05) is 18.1 Å². The number of ether oxygens (including phenoxy) is 1. The molecule has 4 heteroatoms. The van der Waals surface area contributed by atoms with Crippen LogP contribution in [0.25, 0.3) is 0 Å². The van der Waals surface area contributed by atoms with Crippen molar-refractivity contribution in [2.24, 2.45) is 0 Å². The molecule has 1 aliphatic rings. The highest BCUT2D eigenvalue weighted by molar-refractivity contribution is 6.30. The molecule has 0 N–H and O–H groups in total. The van der Waals surface area contributed by atoms with E-state index >= 15 is 0 Å². The van der Waals surface area contributed by atoms with Gasteiger partial charge in [0.1, 0.15) is 5.75 Å². The maximum Gasteiger partial charge on any atom is 0.266 e. The van der Waals surface area contributed by atoms with Crippen molar-refractivity contribution >= 4 is 17.5 Å². The standard InChI is InChI=1S/C17H24ClNO2/c1-17(2,21-15-11-9-13(18)10-12-15)16(20)19(3)14-7-5-4-6-8-14/h9-12,14H,4-8H2,1-3H3. The Balaban J connectivity index is 2.03. The lowest BCUT2D eigenvalue weighted by atomic mass is 9.93. The molecular weight excluding hydrogens is 286 g/mol. The maximum absolute atomic E-state index is 12.7. The summed E-state index contributed by atoms with van der Waals surface area (Å²) in [7, 11) is 1.89. The number of nitrogens with zero attached hydrogens (tertiary/aromatic N) is 1. The molecule has 116 valence electrons. The lowest BCUT2D eigenvalue weighted by Gasteiger charge is -2.36. The van der Waals surface area contributed by atoms with Crippen LogP contribution in [0.5, 0.6) is 5.75 Å². The summed E-state index contributed by atoms with van der Waals surface area (Å²) in [6.45, 7) is 3.65. The van der Waals surface area contributed by atoms with Gasteiger partial charge < -0.3 is 9.64 Å². The summed E-state index contributed by atoms with van der Waals surface area (Å²) in [6.07, 6.45) is 5.89. The minimum absolute atomic E-state index is 0.0318. The van der Waals surface area contributed by atoms with E-state index in [-0.39, 0.29) is 5.91 Å². The van der Waals surface area contributed by atoms with Crippen molar-refractivity contribution in [3.63, 3.8) is 0 Å². The summed E-state index contributed by atoms with van der Waals surface area (Å²) < 4.78 is 5.88. The SMILES string of the molecule is CN(C(=O)C(C)(C)Oc1ccc(Cl)cc1)C1CCCCC1. The lowest BCUT2D eigenvalue weighted by molar-refractivity contribution is -0.146. The molecule has 0 aromatic heterocycles. The maximum atomic E-state index is 12.7. The first kappa shape index (κ1) is 16.2. The topological polar surface area (TPSA) is 29.5 Å². The summed E-state index contributed by atoms with van der Waals surface area (Å²) in [5, 5.41) is 0.658. The molecule has 21 heavy (non-hydrogen) atoms. The van der Waals surface area contributed by atoms with Gasteiger partial charge in [0.2, 0.25) is 0 Å².